The fraction of sp³-hybridized carbons (Fsp3) is 0.889. The van der Waals surface area contributed by atoms with E-state index in [4.69, 9.17) is 10.8 Å². The van der Waals surface area contributed by atoms with Gasteiger partial charge in [0.15, 0.2) is 0 Å². The number of primary amides is 1. The number of nitrogens with two attached hydrogens (primary N) is 1. The molecule has 0 radical (unpaired) electrons. The van der Waals surface area contributed by atoms with Crippen LogP contribution in [0.2, 0.25) is 0 Å². The number of nitrogens with one attached hydrogen (secondary N) is 1. The van der Waals surface area contributed by atoms with Gasteiger partial charge in [-0.05, 0) is 26.3 Å². The molecule has 0 aliphatic carbocycles. The first-order chi connectivity index (χ1) is 6.18. The average Bonchev–Trinajstić information content (AvgIpc) is 2.10. The van der Waals surface area contributed by atoms with Crippen LogP contribution in [-0.2, 0) is 4.79 Å². The van der Waals surface area contributed by atoms with Crippen molar-refractivity contribution in [1.29, 1.82) is 0 Å². The molecule has 4 N–H and O–H groups in total. The van der Waals surface area contributed by atoms with Crippen LogP contribution in [0.1, 0.15) is 32.6 Å². The topological polar surface area (TPSA) is 75.3 Å². The zero-order valence-corrected chi connectivity index (χ0v) is 8.25. The minimum atomic E-state index is -0.310. The molecule has 78 valence electrons. The maximum absolute atomic E-state index is 10.6. The Morgan fingerprint density at radius 1 is 1.38 bits per heavy atom. The number of hydrogen-bond donors (Lipinski definition) is 3. The third-order valence-corrected chi connectivity index (χ3v) is 1.96. The number of carbonyl (C=O) groups is 1. The zero-order valence-electron chi connectivity index (χ0n) is 8.25. The molecular formula is C9H20N2O2. The molecule has 0 heterocycles. The molecule has 4 nitrogen and oxygen atoms in total. The molecule has 0 aromatic heterocycles. The maximum Gasteiger partial charge on any atom is 0.234 e. The van der Waals surface area contributed by atoms with Gasteiger partial charge in [-0.1, -0.05) is 12.8 Å². The van der Waals surface area contributed by atoms with E-state index in [1.165, 1.54) is 0 Å². The molecule has 0 fully saturated rings. The zero-order chi connectivity index (χ0) is 10.1. The van der Waals surface area contributed by atoms with Gasteiger partial charge in [-0.3, -0.25) is 4.79 Å². The molecule has 0 bridgehead atoms. The molecule has 13 heavy (non-hydrogen) atoms. The van der Waals surface area contributed by atoms with Crippen LogP contribution < -0.4 is 11.1 Å². The number of hydrogen-bond acceptors (Lipinski definition) is 3. The minimum absolute atomic E-state index is 0.238. The van der Waals surface area contributed by atoms with E-state index in [2.05, 4.69) is 5.32 Å². The van der Waals surface area contributed by atoms with Crippen molar-refractivity contribution in [1.82, 2.24) is 5.32 Å². The second kappa shape index (κ2) is 8.01. The highest BCUT2D eigenvalue weighted by molar-refractivity contribution is 5.79. The third kappa shape index (κ3) is 7.74. The van der Waals surface area contributed by atoms with Crippen molar-refractivity contribution in [2.24, 2.45) is 5.73 Å². The molecular weight excluding hydrogens is 168 g/mol. The summed E-state index contributed by atoms with van der Waals surface area (Å²) < 4.78 is 0. The van der Waals surface area contributed by atoms with Crippen LogP contribution in [0.15, 0.2) is 0 Å². The summed E-state index contributed by atoms with van der Waals surface area (Å²) >= 11 is 0. The smallest absolute Gasteiger partial charge is 0.234 e. The van der Waals surface area contributed by atoms with Gasteiger partial charge in [0.05, 0.1) is 6.04 Å². The fourth-order valence-corrected chi connectivity index (χ4v) is 1.01. The molecule has 0 saturated carbocycles. The molecule has 0 aromatic carbocycles. The monoisotopic (exact) mass is 188 g/mol. The fourth-order valence-electron chi connectivity index (χ4n) is 1.01. The minimum Gasteiger partial charge on any atom is -0.396 e. The van der Waals surface area contributed by atoms with E-state index >= 15 is 0 Å². The van der Waals surface area contributed by atoms with E-state index in [1.54, 1.807) is 6.92 Å². The molecule has 0 rings (SSSR count). The highest BCUT2D eigenvalue weighted by Crippen LogP contribution is 1.97. The van der Waals surface area contributed by atoms with Crippen molar-refractivity contribution < 1.29 is 9.90 Å². The second-order valence-electron chi connectivity index (χ2n) is 3.22. The van der Waals surface area contributed by atoms with E-state index in [-0.39, 0.29) is 18.6 Å². The predicted molar refractivity (Wildman–Crippen MR) is 52.2 cm³/mol. The van der Waals surface area contributed by atoms with Gasteiger partial charge in [-0.15, -0.1) is 0 Å². The van der Waals surface area contributed by atoms with Crippen LogP contribution >= 0.6 is 0 Å². The summed E-state index contributed by atoms with van der Waals surface area (Å²) in [6.07, 6.45) is 4.02. The SMILES string of the molecule is CC(NCCCCCCO)C(N)=O. The first-order valence-corrected chi connectivity index (χ1v) is 4.82. The van der Waals surface area contributed by atoms with Gasteiger partial charge in [0.2, 0.25) is 5.91 Å². The third-order valence-electron chi connectivity index (χ3n) is 1.96. The highest BCUT2D eigenvalue weighted by Gasteiger charge is 2.05. The summed E-state index contributed by atoms with van der Waals surface area (Å²) in [6, 6.07) is -0.238. The number of unbranched alkanes of at least 4 members (excludes halogenated alkanes) is 3. The second-order valence-corrected chi connectivity index (χ2v) is 3.22. The standard InChI is InChI=1S/C9H20N2O2/c1-8(9(10)13)11-6-4-2-3-5-7-12/h8,11-12H,2-7H2,1H3,(H2,10,13). The Hall–Kier alpha value is -0.610. The van der Waals surface area contributed by atoms with E-state index in [1.807, 2.05) is 0 Å². The summed E-state index contributed by atoms with van der Waals surface area (Å²) in [6.45, 7) is 2.84. The number of carbonyl (C=O) groups excluding carboxylic acids is 1. The van der Waals surface area contributed by atoms with Gasteiger partial charge < -0.3 is 16.2 Å². The maximum atomic E-state index is 10.6. The Morgan fingerprint density at radius 2 is 2.00 bits per heavy atom. The first-order valence-electron chi connectivity index (χ1n) is 4.82. The van der Waals surface area contributed by atoms with Crippen LogP contribution in [0.25, 0.3) is 0 Å². The summed E-state index contributed by atoms with van der Waals surface area (Å²) in [4.78, 5) is 10.6. The molecule has 4 heteroatoms. The van der Waals surface area contributed by atoms with Gasteiger partial charge in [0, 0.05) is 6.61 Å². The summed E-state index contributed by atoms with van der Waals surface area (Å²) in [5.74, 6) is -0.310. The lowest BCUT2D eigenvalue weighted by Crippen LogP contribution is -2.39. The molecule has 0 aliphatic heterocycles. The first kappa shape index (κ1) is 12.4. The number of aliphatic hydroxyl groups excluding tert-OH is 1. The summed E-state index contributed by atoms with van der Waals surface area (Å²) in [7, 11) is 0. The molecule has 1 unspecified atom stereocenters. The highest BCUT2D eigenvalue weighted by atomic mass is 16.2. The Bertz CT molecular complexity index is 140. The van der Waals surface area contributed by atoms with Crippen molar-refractivity contribution in [3.05, 3.63) is 0 Å². The van der Waals surface area contributed by atoms with Crippen LogP contribution in [-0.4, -0.2) is 30.2 Å². The van der Waals surface area contributed by atoms with Crippen molar-refractivity contribution in [2.45, 2.75) is 38.6 Å². The molecule has 0 spiro atoms. The quantitative estimate of drug-likeness (QED) is 0.469. The van der Waals surface area contributed by atoms with Gasteiger partial charge in [0.25, 0.3) is 0 Å². The number of amides is 1. The lowest BCUT2D eigenvalue weighted by atomic mass is 10.2. The number of aliphatic hydroxyl groups is 1. The average molecular weight is 188 g/mol. The van der Waals surface area contributed by atoms with Crippen molar-refractivity contribution in [3.8, 4) is 0 Å². The van der Waals surface area contributed by atoms with Crippen LogP contribution in [0.5, 0.6) is 0 Å². The van der Waals surface area contributed by atoms with E-state index in [0.29, 0.717) is 0 Å². The molecule has 0 saturated heterocycles. The Balaban J connectivity index is 3.11. The predicted octanol–water partition coefficient (Wildman–Crippen LogP) is 0.00250. The Kier molecular flexibility index (Phi) is 7.63. The number of rotatable bonds is 8. The largest absolute Gasteiger partial charge is 0.396 e. The van der Waals surface area contributed by atoms with Crippen LogP contribution in [0.3, 0.4) is 0 Å². The summed E-state index contributed by atoms with van der Waals surface area (Å²) in [5, 5.41) is 11.5. The normalized spacial score (nSPS) is 12.8. The van der Waals surface area contributed by atoms with Gasteiger partial charge in [0.1, 0.15) is 0 Å². The van der Waals surface area contributed by atoms with Crippen LogP contribution in [0.4, 0.5) is 0 Å². The molecule has 1 atom stereocenters. The van der Waals surface area contributed by atoms with Crippen molar-refractivity contribution in [2.75, 3.05) is 13.2 Å². The lowest BCUT2D eigenvalue weighted by molar-refractivity contribution is -0.119. The Labute approximate surface area is 79.5 Å². The molecule has 0 aliphatic rings. The Morgan fingerprint density at radius 3 is 2.54 bits per heavy atom. The lowest BCUT2D eigenvalue weighted by Gasteiger charge is -2.08. The van der Waals surface area contributed by atoms with E-state index in [9.17, 15) is 4.79 Å². The van der Waals surface area contributed by atoms with E-state index < -0.39 is 0 Å². The van der Waals surface area contributed by atoms with Crippen molar-refractivity contribution in [3.63, 3.8) is 0 Å². The van der Waals surface area contributed by atoms with Crippen LogP contribution in [0, 0.1) is 0 Å². The van der Waals surface area contributed by atoms with Crippen molar-refractivity contribution >= 4 is 5.91 Å². The molecule has 1 amide bonds. The van der Waals surface area contributed by atoms with Gasteiger partial charge in [-0.25, -0.2) is 0 Å². The van der Waals surface area contributed by atoms with Gasteiger partial charge >= 0.3 is 0 Å². The van der Waals surface area contributed by atoms with E-state index in [0.717, 1.165) is 32.2 Å². The molecule has 0 aromatic rings. The van der Waals surface area contributed by atoms with Gasteiger partial charge in [-0.2, -0.15) is 0 Å². The summed E-state index contributed by atoms with van der Waals surface area (Å²) in [5.41, 5.74) is 5.06.